The van der Waals surface area contributed by atoms with Crippen LogP contribution in [0.2, 0.25) is 0 Å². The highest BCUT2D eigenvalue weighted by molar-refractivity contribution is 7.99. The summed E-state index contributed by atoms with van der Waals surface area (Å²) in [4.78, 5) is 17.7. The molecule has 0 amide bonds. The van der Waals surface area contributed by atoms with Crippen LogP contribution < -0.4 is 0 Å². The summed E-state index contributed by atoms with van der Waals surface area (Å²) in [7, 11) is 0. The van der Waals surface area contributed by atoms with Crippen LogP contribution in [0.1, 0.15) is 22.3 Å². The highest BCUT2D eigenvalue weighted by atomic mass is 32.2. The van der Waals surface area contributed by atoms with Gasteiger partial charge in [-0.15, -0.1) is 0 Å². The lowest BCUT2D eigenvalue weighted by Crippen LogP contribution is -2.32. The largest absolute Gasteiger partial charge is 0.309 e. The van der Waals surface area contributed by atoms with Crippen LogP contribution in [0.4, 0.5) is 0 Å². The lowest BCUT2D eigenvalue weighted by Gasteiger charge is -2.39. The summed E-state index contributed by atoms with van der Waals surface area (Å²) >= 11 is 1.89. The van der Waals surface area contributed by atoms with Gasteiger partial charge in [-0.05, 0) is 69.8 Å². The van der Waals surface area contributed by atoms with E-state index >= 15 is 0 Å². The zero-order valence-corrected chi connectivity index (χ0v) is 31.5. The predicted molar refractivity (Wildman–Crippen MR) is 232 cm³/mol. The molecule has 0 unspecified atom stereocenters. The Balaban J connectivity index is 1.11. The van der Waals surface area contributed by atoms with E-state index in [1.54, 1.807) is 0 Å². The van der Waals surface area contributed by atoms with Gasteiger partial charge in [0, 0.05) is 42.9 Å². The maximum absolute atomic E-state index is 5.08. The van der Waals surface area contributed by atoms with E-state index in [1.807, 2.05) is 72.4 Å². The number of hydrogen-bond acceptors (Lipinski definition) is 4. The zero-order valence-electron chi connectivity index (χ0n) is 30.7. The molecular weight excluding hydrogens is 713 g/mol. The van der Waals surface area contributed by atoms with Gasteiger partial charge in [0.25, 0.3) is 0 Å². The Hall–Kier alpha value is -7.08. The van der Waals surface area contributed by atoms with Crippen molar-refractivity contribution in [3.63, 3.8) is 0 Å². The fourth-order valence-electron chi connectivity index (χ4n) is 9.32. The van der Waals surface area contributed by atoms with E-state index in [9.17, 15) is 0 Å². The molecule has 2 aliphatic rings. The Morgan fingerprint density at radius 3 is 1.60 bits per heavy atom. The van der Waals surface area contributed by atoms with Crippen LogP contribution in [0, 0.1) is 0 Å². The third-order valence-corrected chi connectivity index (χ3v) is 12.8. The summed E-state index contributed by atoms with van der Waals surface area (Å²) in [5, 5.41) is 2.45. The van der Waals surface area contributed by atoms with Gasteiger partial charge in [-0.25, -0.2) is 15.0 Å². The van der Waals surface area contributed by atoms with E-state index in [4.69, 9.17) is 15.0 Å². The van der Waals surface area contributed by atoms with E-state index in [2.05, 4.69) is 138 Å². The normalized spacial score (nSPS) is 13.3. The van der Waals surface area contributed by atoms with Gasteiger partial charge in [0.05, 0.1) is 16.4 Å². The Morgan fingerprint density at radius 2 is 0.912 bits per heavy atom. The summed E-state index contributed by atoms with van der Waals surface area (Å²) in [5.41, 5.74) is 13.7. The summed E-state index contributed by atoms with van der Waals surface area (Å²) in [6, 6.07) is 69.7. The third kappa shape index (κ3) is 4.73. The van der Waals surface area contributed by atoms with Gasteiger partial charge in [0.2, 0.25) is 0 Å². The minimum Gasteiger partial charge on any atom is -0.309 e. The highest BCUT2D eigenvalue weighted by Crippen LogP contribution is 2.62. The van der Waals surface area contributed by atoms with Crippen molar-refractivity contribution < 1.29 is 0 Å². The molecule has 8 aromatic carbocycles. The van der Waals surface area contributed by atoms with Crippen molar-refractivity contribution >= 4 is 33.6 Å². The Labute approximate surface area is 334 Å². The molecule has 3 heterocycles. The molecule has 0 saturated heterocycles. The van der Waals surface area contributed by atoms with Crippen LogP contribution in [0.15, 0.2) is 204 Å². The molecule has 0 radical (unpaired) electrons. The quantitative estimate of drug-likeness (QED) is 0.180. The first-order chi connectivity index (χ1) is 28.3. The Morgan fingerprint density at radius 1 is 0.368 bits per heavy atom. The van der Waals surface area contributed by atoms with Crippen LogP contribution >= 0.6 is 11.8 Å². The van der Waals surface area contributed by atoms with Gasteiger partial charge in [-0.2, -0.15) is 0 Å². The number of para-hydroxylation sites is 1. The van der Waals surface area contributed by atoms with E-state index in [0.29, 0.717) is 17.5 Å². The molecule has 0 bridgehead atoms. The van der Waals surface area contributed by atoms with Crippen molar-refractivity contribution in [2.24, 2.45) is 0 Å². The lowest BCUT2D eigenvalue weighted by atomic mass is 9.67. The molecule has 4 nitrogen and oxygen atoms in total. The topological polar surface area (TPSA) is 43.6 Å². The maximum Gasteiger partial charge on any atom is 0.164 e. The first kappa shape index (κ1) is 32.2. The van der Waals surface area contributed by atoms with Crippen LogP contribution in [0.5, 0.6) is 0 Å². The fraction of sp³-hybridized carbons (Fsp3) is 0.0192. The van der Waals surface area contributed by atoms with Gasteiger partial charge in [-0.1, -0.05) is 169 Å². The minimum absolute atomic E-state index is 0.464. The Bertz CT molecular complexity index is 3120. The number of fused-ring (bicyclic) bond motifs is 12. The number of hydrogen-bond donors (Lipinski definition) is 0. The minimum atomic E-state index is -0.464. The van der Waals surface area contributed by atoms with E-state index in [1.165, 1.54) is 59.5 Å². The van der Waals surface area contributed by atoms with Crippen molar-refractivity contribution in [2.45, 2.75) is 15.2 Å². The smallest absolute Gasteiger partial charge is 0.164 e. The molecule has 5 heteroatoms. The van der Waals surface area contributed by atoms with Crippen molar-refractivity contribution in [2.75, 3.05) is 0 Å². The van der Waals surface area contributed by atoms with Crippen molar-refractivity contribution in [3.05, 3.63) is 216 Å². The molecule has 10 aromatic rings. The molecule has 266 valence electrons. The number of rotatable bonds is 4. The fourth-order valence-corrected chi connectivity index (χ4v) is 10.5. The predicted octanol–water partition coefficient (Wildman–Crippen LogP) is 12.8. The second-order valence-corrected chi connectivity index (χ2v) is 15.8. The first-order valence-electron chi connectivity index (χ1n) is 19.3. The van der Waals surface area contributed by atoms with Gasteiger partial charge >= 0.3 is 0 Å². The molecule has 1 aliphatic carbocycles. The van der Waals surface area contributed by atoms with Crippen molar-refractivity contribution in [3.8, 4) is 51.0 Å². The van der Waals surface area contributed by atoms with Gasteiger partial charge in [0.1, 0.15) is 0 Å². The highest BCUT2D eigenvalue weighted by Gasteiger charge is 2.50. The molecule has 1 spiro atoms. The summed E-state index contributed by atoms with van der Waals surface area (Å²) in [6.45, 7) is 0. The second-order valence-electron chi connectivity index (χ2n) is 14.7. The van der Waals surface area contributed by atoms with E-state index in [0.717, 1.165) is 27.9 Å². The van der Waals surface area contributed by atoms with Crippen LogP contribution in [0.3, 0.4) is 0 Å². The average molecular weight is 745 g/mol. The number of benzene rings is 8. The third-order valence-electron chi connectivity index (χ3n) is 11.7. The molecular formula is C52H32N4S. The van der Waals surface area contributed by atoms with Gasteiger partial charge in [0.15, 0.2) is 17.5 Å². The van der Waals surface area contributed by atoms with Crippen LogP contribution in [-0.2, 0) is 5.41 Å². The molecule has 0 atom stereocenters. The molecule has 1 aliphatic heterocycles. The van der Waals surface area contributed by atoms with Gasteiger partial charge in [-0.3, -0.25) is 0 Å². The molecule has 2 aromatic heterocycles. The summed E-state index contributed by atoms with van der Waals surface area (Å²) < 4.78 is 2.43. The van der Waals surface area contributed by atoms with E-state index in [-0.39, 0.29) is 0 Å². The SMILES string of the molecule is c1ccc(-c2nc(-c3ccccc3)nc(-c3cccc(-n4c5ccccc5c5cc6c(cc54)C4(c5ccccc5S6)c5ccccc5-c5ccccc54)c3)n2)cc1. The summed E-state index contributed by atoms with van der Waals surface area (Å²) in [5.74, 6) is 1.93. The standard InChI is InChI=1S/C52H32N4S/c1-3-16-33(17-4-1)49-53-50(34-18-5-2-6-19-34)55-51(54-49)35-20-15-21-36(30-35)56-45-28-13-9-24-39(45)40-31-48-44(32-46(40)56)52(43-27-12-14-29-47(43)57-48)41-25-10-7-22-37(41)38-23-8-11-26-42(38)52/h1-32H. The molecule has 0 saturated carbocycles. The Kier molecular flexibility index (Phi) is 7.04. The second kappa shape index (κ2) is 12.5. The van der Waals surface area contributed by atoms with Crippen molar-refractivity contribution in [1.29, 1.82) is 0 Å². The zero-order chi connectivity index (χ0) is 37.5. The molecule has 0 fully saturated rings. The lowest BCUT2D eigenvalue weighted by molar-refractivity contribution is 0.724. The average Bonchev–Trinajstić information content (AvgIpc) is 3.76. The number of aromatic nitrogens is 4. The van der Waals surface area contributed by atoms with Crippen molar-refractivity contribution in [1.82, 2.24) is 19.5 Å². The monoisotopic (exact) mass is 744 g/mol. The summed E-state index contributed by atoms with van der Waals surface area (Å²) in [6.07, 6.45) is 0. The van der Waals surface area contributed by atoms with Gasteiger partial charge < -0.3 is 4.57 Å². The van der Waals surface area contributed by atoms with Crippen LogP contribution in [-0.4, -0.2) is 19.5 Å². The molecule has 0 N–H and O–H groups in total. The maximum atomic E-state index is 5.08. The number of nitrogens with zero attached hydrogens (tertiary/aromatic N) is 4. The van der Waals surface area contributed by atoms with Crippen LogP contribution in [0.25, 0.3) is 72.8 Å². The molecule has 57 heavy (non-hydrogen) atoms. The molecule has 12 rings (SSSR count). The van der Waals surface area contributed by atoms with E-state index < -0.39 is 5.41 Å². The first-order valence-corrected chi connectivity index (χ1v) is 20.1.